The molecule has 0 N–H and O–H groups in total. The van der Waals surface area contributed by atoms with Gasteiger partial charge in [0.2, 0.25) is 0 Å². The smallest absolute Gasteiger partial charge is 0.254 e. The molecular formula is C26H19F2N5OS2. The van der Waals surface area contributed by atoms with Crippen LogP contribution in [0.2, 0.25) is 0 Å². The van der Waals surface area contributed by atoms with Gasteiger partial charge in [0.05, 0.1) is 6.54 Å². The lowest BCUT2D eigenvalue weighted by Crippen LogP contribution is -2.38. The predicted octanol–water partition coefficient (Wildman–Crippen LogP) is 6.04. The summed E-state index contributed by atoms with van der Waals surface area (Å²) in [5.74, 6) is -0.0888. The topological polar surface area (TPSA) is 63.9 Å². The van der Waals surface area contributed by atoms with Crippen LogP contribution in [0.4, 0.5) is 8.78 Å². The molecule has 0 fully saturated rings. The normalized spacial score (nSPS) is 13.1. The van der Waals surface area contributed by atoms with Crippen LogP contribution < -0.4 is 0 Å². The summed E-state index contributed by atoms with van der Waals surface area (Å²) in [5, 5.41) is 11.2. The molecule has 10 heteroatoms. The van der Waals surface area contributed by atoms with Gasteiger partial charge in [0.25, 0.3) is 5.91 Å². The Labute approximate surface area is 213 Å². The predicted molar refractivity (Wildman–Crippen MR) is 136 cm³/mol. The fourth-order valence-electron chi connectivity index (χ4n) is 4.29. The van der Waals surface area contributed by atoms with E-state index in [-0.39, 0.29) is 11.5 Å². The zero-order valence-electron chi connectivity index (χ0n) is 19.1. The van der Waals surface area contributed by atoms with E-state index in [0.717, 1.165) is 21.4 Å². The van der Waals surface area contributed by atoms with Crippen LogP contribution in [0.15, 0.2) is 60.0 Å². The van der Waals surface area contributed by atoms with Crippen molar-refractivity contribution in [3.8, 4) is 32.5 Å². The zero-order chi connectivity index (χ0) is 24.8. The Bertz CT molecular complexity index is 1570. The fourth-order valence-corrected chi connectivity index (χ4v) is 5.96. The molecule has 1 aliphatic rings. The molecule has 5 aromatic rings. The van der Waals surface area contributed by atoms with Gasteiger partial charge in [-0.2, -0.15) is 0 Å². The van der Waals surface area contributed by atoms with Gasteiger partial charge in [-0.05, 0) is 48.2 Å². The van der Waals surface area contributed by atoms with E-state index in [0.29, 0.717) is 47.5 Å². The lowest BCUT2D eigenvalue weighted by molar-refractivity contribution is 0.0708. The highest BCUT2D eigenvalue weighted by molar-refractivity contribution is 7.15. The lowest BCUT2D eigenvalue weighted by atomic mass is 10.1. The van der Waals surface area contributed by atoms with E-state index < -0.39 is 11.6 Å². The average molecular weight is 520 g/mol. The van der Waals surface area contributed by atoms with Crippen molar-refractivity contribution in [1.29, 1.82) is 0 Å². The second kappa shape index (κ2) is 9.03. The quantitative estimate of drug-likeness (QED) is 0.290. The van der Waals surface area contributed by atoms with E-state index in [1.807, 2.05) is 47.2 Å². The van der Waals surface area contributed by atoms with Crippen LogP contribution in [-0.4, -0.2) is 37.1 Å². The Balaban J connectivity index is 1.23. The highest BCUT2D eigenvalue weighted by Crippen LogP contribution is 2.35. The summed E-state index contributed by atoms with van der Waals surface area (Å²) in [6, 6.07) is 15.2. The van der Waals surface area contributed by atoms with E-state index in [9.17, 15) is 13.6 Å². The molecule has 4 heterocycles. The number of rotatable bonds is 4. The summed E-state index contributed by atoms with van der Waals surface area (Å²) in [5.41, 5.74) is 2.57. The number of aromatic nitrogens is 4. The molecule has 180 valence electrons. The van der Waals surface area contributed by atoms with Gasteiger partial charge in [0.15, 0.2) is 11.6 Å². The monoisotopic (exact) mass is 519 g/mol. The van der Waals surface area contributed by atoms with Crippen molar-refractivity contribution < 1.29 is 13.6 Å². The van der Waals surface area contributed by atoms with Crippen molar-refractivity contribution in [3.63, 3.8) is 0 Å². The fraction of sp³-hybridized carbons (Fsp3) is 0.154. The minimum atomic E-state index is -0.656. The lowest BCUT2D eigenvalue weighted by Gasteiger charge is -2.28. The van der Waals surface area contributed by atoms with Crippen LogP contribution in [0.5, 0.6) is 0 Å². The van der Waals surface area contributed by atoms with Crippen LogP contribution in [0, 0.1) is 18.6 Å². The van der Waals surface area contributed by atoms with Crippen molar-refractivity contribution in [3.05, 3.63) is 87.9 Å². The van der Waals surface area contributed by atoms with Gasteiger partial charge in [-0.3, -0.25) is 4.79 Å². The first-order valence-electron chi connectivity index (χ1n) is 11.3. The first-order valence-corrected chi connectivity index (χ1v) is 13.0. The van der Waals surface area contributed by atoms with E-state index in [2.05, 4.69) is 21.2 Å². The number of thiazole rings is 1. The van der Waals surface area contributed by atoms with E-state index in [1.54, 1.807) is 16.2 Å². The second-order valence-corrected chi connectivity index (χ2v) is 10.6. The number of hydrogen-bond donors (Lipinski definition) is 0. The van der Waals surface area contributed by atoms with Gasteiger partial charge in [0.1, 0.15) is 22.3 Å². The third kappa shape index (κ3) is 4.02. The van der Waals surface area contributed by atoms with Gasteiger partial charge < -0.3 is 9.47 Å². The van der Waals surface area contributed by atoms with Crippen molar-refractivity contribution in [2.45, 2.75) is 20.0 Å². The molecule has 0 atom stereocenters. The van der Waals surface area contributed by atoms with Crippen molar-refractivity contribution in [2.75, 3.05) is 6.54 Å². The molecule has 6 rings (SSSR count). The molecule has 0 aliphatic carbocycles. The van der Waals surface area contributed by atoms with Gasteiger partial charge in [0, 0.05) is 40.0 Å². The molecule has 0 saturated heterocycles. The maximum Gasteiger partial charge on any atom is 0.254 e. The zero-order valence-corrected chi connectivity index (χ0v) is 20.7. The van der Waals surface area contributed by atoms with Crippen molar-refractivity contribution >= 4 is 28.6 Å². The van der Waals surface area contributed by atoms with Crippen LogP contribution in [0.1, 0.15) is 21.1 Å². The number of fused-ring (bicyclic) bond motifs is 1. The maximum atomic E-state index is 14.3. The van der Waals surface area contributed by atoms with E-state index >= 15 is 0 Å². The van der Waals surface area contributed by atoms with Crippen molar-refractivity contribution in [2.24, 2.45) is 0 Å². The highest BCUT2D eigenvalue weighted by atomic mass is 32.1. The molecule has 0 unspecified atom stereocenters. The van der Waals surface area contributed by atoms with E-state index in [4.69, 9.17) is 0 Å². The summed E-state index contributed by atoms with van der Waals surface area (Å²) in [6.45, 7) is 3.25. The number of amides is 1. The third-order valence-corrected chi connectivity index (χ3v) is 8.07. The first-order chi connectivity index (χ1) is 17.5. The van der Waals surface area contributed by atoms with Gasteiger partial charge in [-0.1, -0.05) is 18.2 Å². The Morgan fingerprint density at radius 2 is 1.86 bits per heavy atom. The summed E-state index contributed by atoms with van der Waals surface area (Å²) >= 11 is 2.98. The Kier molecular flexibility index (Phi) is 5.69. The van der Waals surface area contributed by atoms with Crippen LogP contribution in [-0.2, 0) is 13.1 Å². The van der Waals surface area contributed by atoms with Gasteiger partial charge >= 0.3 is 0 Å². The Morgan fingerprint density at radius 3 is 2.61 bits per heavy atom. The average Bonchev–Trinajstić information content (AvgIpc) is 3.63. The van der Waals surface area contributed by atoms with Crippen LogP contribution in [0.25, 0.3) is 32.5 Å². The minimum Gasteiger partial charge on any atom is -0.329 e. The molecular weight excluding hydrogens is 500 g/mol. The minimum absolute atomic E-state index is 0.0533. The van der Waals surface area contributed by atoms with Gasteiger partial charge in [-0.15, -0.1) is 32.9 Å². The molecule has 3 aromatic heterocycles. The molecule has 0 spiro atoms. The summed E-state index contributed by atoms with van der Waals surface area (Å²) in [4.78, 5) is 21.5. The Morgan fingerprint density at radius 1 is 1.03 bits per heavy atom. The molecule has 1 aliphatic heterocycles. The highest BCUT2D eigenvalue weighted by Gasteiger charge is 2.27. The summed E-state index contributed by atoms with van der Waals surface area (Å²) in [7, 11) is 0. The molecule has 6 nitrogen and oxygen atoms in total. The van der Waals surface area contributed by atoms with E-state index in [1.165, 1.54) is 23.5 Å². The molecule has 1 amide bonds. The molecule has 0 saturated carbocycles. The molecule has 0 radical (unpaired) electrons. The molecule has 2 aromatic carbocycles. The molecule has 36 heavy (non-hydrogen) atoms. The largest absolute Gasteiger partial charge is 0.329 e. The second-order valence-electron chi connectivity index (χ2n) is 8.42. The number of carbonyl (C=O) groups is 1. The number of carbonyl (C=O) groups excluding carboxylic acids is 1. The Hall–Kier alpha value is -3.76. The number of nitrogens with zero attached hydrogens (tertiary/aromatic N) is 5. The first kappa shape index (κ1) is 22.7. The van der Waals surface area contributed by atoms with Gasteiger partial charge in [-0.25, -0.2) is 13.8 Å². The number of halogens is 2. The summed E-state index contributed by atoms with van der Waals surface area (Å²) < 4.78 is 29.6. The summed E-state index contributed by atoms with van der Waals surface area (Å²) in [6.07, 6.45) is 0. The maximum absolute atomic E-state index is 14.3. The number of hydrogen-bond acceptors (Lipinski definition) is 6. The van der Waals surface area contributed by atoms with Crippen molar-refractivity contribution in [1.82, 2.24) is 24.6 Å². The SMILES string of the molecule is Cc1sc(-c2ccc(F)cc2F)nc1-c1nnc2n1CCN(C(=O)c1ccc(-c3cccs3)cc1)C2. The number of benzene rings is 2. The van der Waals surface area contributed by atoms with Crippen LogP contribution >= 0.6 is 22.7 Å². The number of aryl methyl sites for hydroxylation is 1. The standard InChI is InChI=1S/C26H19F2N5OS2/c1-15-23(29-25(36-15)19-9-8-18(27)13-20(19)28)24-31-30-22-14-32(10-11-33(22)24)26(34)17-6-4-16(5-7-17)21-3-2-12-35-21/h2-9,12-13H,10-11,14H2,1H3. The molecule has 0 bridgehead atoms. The third-order valence-electron chi connectivity index (χ3n) is 6.15. The van der Waals surface area contributed by atoms with Crippen LogP contribution in [0.3, 0.4) is 0 Å². The number of thiophene rings is 1.